The molecule has 0 saturated heterocycles. The largest absolute Gasteiger partial charge is 0.352 e. The Morgan fingerprint density at radius 1 is 1.15 bits per heavy atom. The first-order valence-corrected chi connectivity index (χ1v) is 10.6. The van der Waals surface area contributed by atoms with Crippen LogP contribution < -0.4 is 5.32 Å². The van der Waals surface area contributed by atoms with Crippen molar-refractivity contribution in [1.82, 2.24) is 9.62 Å². The molecule has 0 bridgehead atoms. The summed E-state index contributed by atoms with van der Waals surface area (Å²) in [7, 11) is -2.20. The second-order valence-corrected chi connectivity index (χ2v) is 9.23. The fraction of sp³-hybridized carbons (Fsp3) is 0.316. The standard InChI is InChI=1S/C19H22Cl2N2O3S/c1-13(2)23(3)27(25,26)16-7-8-18(21)17(12-16)19(24)22-10-9-14-5-4-6-15(20)11-14/h4-8,11-13H,9-10H2,1-3H3,(H,22,24). The van der Waals surface area contributed by atoms with Crippen molar-refractivity contribution < 1.29 is 13.2 Å². The molecule has 0 aliphatic rings. The van der Waals surface area contributed by atoms with Crippen LogP contribution >= 0.6 is 23.2 Å². The molecule has 1 amide bonds. The molecule has 5 nitrogen and oxygen atoms in total. The zero-order valence-electron chi connectivity index (χ0n) is 15.4. The van der Waals surface area contributed by atoms with Gasteiger partial charge in [0.1, 0.15) is 0 Å². The van der Waals surface area contributed by atoms with Crippen LogP contribution in [0.15, 0.2) is 47.4 Å². The molecule has 0 aromatic heterocycles. The summed E-state index contributed by atoms with van der Waals surface area (Å²) in [5, 5.41) is 3.59. The van der Waals surface area contributed by atoms with Crippen LogP contribution in [0.5, 0.6) is 0 Å². The minimum absolute atomic E-state index is 0.0306. The van der Waals surface area contributed by atoms with Crippen LogP contribution in [0.25, 0.3) is 0 Å². The van der Waals surface area contributed by atoms with Crippen LogP contribution in [-0.2, 0) is 16.4 Å². The van der Waals surface area contributed by atoms with Gasteiger partial charge in [0.25, 0.3) is 5.91 Å². The number of nitrogens with zero attached hydrogens (tertiary/aromatic N) is 1. The third-order valence-corrected chi connectivity index (χ3v) is 6.77. The van der Waals surface area contributed by atoms with Crippen molar-refractivity contribution in [3.05, 3.63) is 63.6 Å². The van der Waals surface area contributed by atoms with E-state index in [-0.39, 0.29) is 21.5 Å². The molecule has 1 N–H and O–H groups in total. The maximum atomic E-state index is 12.6. The van der Waals surface area contributed by atoms with Gasteiger partial charge in [-0.05, 0) is 56.2 Å². The summed E-state index contributed by atoms with van der Waals surface area (Å²) in [6.45, 7) is 3.92. The number of carbonyl (C=O) groups is 1. The second kappa shape index (κ2) is 9.06. The fourth-order valence-corrected chi connectivity index (χ4v) is 4.20. The molecule has 0 saturated carbocycles. The Labute approximate surface area is 170 Å². The summed E-state index contributed by atoms with van der Waals surface area (Å²) < 4.78 is 26.5. The van der Waals surface area contributed by atoms with Crippen LogP contribution in [0.3, 0.4) is 0 Å². The number of amides is 1. The number of carbonyl (C=O) groups excluding carboxylic acids is 1. The van der Waals surface area contributed by atoms with Crippen LogP contribution in [0.1, 0.15) is 29.8 Å². The minimum atomic E-state index is -3.70. The van der Waals surface area contributed by atoms with Gasteiger partial charge in [-0.1, -0.05) is 35.3 Å². The van der Waals surface area contributed by atoms with E-state index in [0.717, 1.165) is 5.56 Å². The van der Waals surface area contributed by atoms with Gasteiger partial charge in [-0.15, -0.1) is 0 Å². The summed E-state index contributed by atoms with van der Waals surface area (Å²) in [5.41, 5.74) is 1.12. The molecule has 0 atom stereocenters. The number of sulfonamides is 1. The van der Waals surface area contributed by atoms with Gasteiger partial charge in [-0.25, -0.2) is 8.42 Å². The molecular formula is C19H22Cl2N2O3S. The van der Waals surface area contributed by atoms with Crippen LogP contribution in [0.2, 0.25) is 10.0 Å². The van der Waals surface area contributed by atoms with E-state index in [1.54, 1.807) is 19.9 Å². The summed E-state index contributed by atoms with van der Waals surface area (Å²) >= 11 is 12.1. The van der Waals surface area contributed by atoms with Crippen molar-refractivity contribution in [1.29, 1.82) is 0 Å². The Morgan fingerprint density at radius 3 is 2.48 bits per heavy atom. The molecule has 0 fully saturated rings. The number of hydrogen-bond donors (Lipinski definition) is 1. The SMILES string of the molecule is CC(C)N(C)S(=O)(=O)c1ccc(Cl)c(C(=O)NCCc2cccc(Cl)c2)c1. The summed E-state index contributed by atoms with van der Waals surface area (Å²) in [6, 6.07) is 11.3. The molecule has 0 unspecified atom stereocenters. The lowest BCUT2D eigenvalue weighted by Gasteiger charge is -2.21. The normalized spacial score (nSPS) is 11.8. The predicted molar refractivity (Wildman–Crippen MR) is 109 cm³/mol. The first-order valence-electron chi connectivity index (χ1n) is 8.43. The zero-order chi connectivity index (χ0) is 20.2. The second-order valence-electron chi connectivity index (χ2n) is 6.39. The molecule has 0 radical (unpaired) electrons. The van der Waals surface area contributed by atoms with Crippen LogP contribution in [0.4, 0.5) is 0 Å². The smallest absolute Gasteiger partial charge is 0.252 e. The lowest BCUT2D eigenvalue weighted by molar-refractivity contribution is 0.0954. The van der Waals surface area contributed by atoms with Crippen molar-refractivity contribution in [2.24, 2.45) is 0 Å². The van der Waals surface area contributed by atoms with Gasteiger partial charge in [0, 0.05) is 24.7 Å². The van der Waals surface area contributed by atoms with Crippen molar-refractivity contribution in [2.75, 3.05) is 13.6 Å². The number of benzene rings is 2. The topological polar surface area (TPSA) is 66.5 Å². The third-order valence-electron chi connectivity index (χ3n) is 4.17. The fourth-order valence-electron chi connectivity index (χ4n) is 2.39. The Balaban J connectivity index is 2.14. The van der Waals surface area contributed by atoms with Gasteiger partial charge < -0.3 is 5.32 Å². The Kier molecular flexibility index (Phi) is 7.28. The predicted octanol–water partition coefficient (Wildman–Crippen LogP) is 3.99. The zero-order valence-corrected chi connectivity index (χ0v) is 17.7. The molecule has 2 aromatic carbocycles. The van der Waals surface area contributed by atoms with E-state index < -0.39 is 15.9 Å². The third kappa shape index (κ3) is 5.45. The first-order chi connectivity index (χ1) is 12.6. The molecule has 2 rings (SSSR count). The lowest BCUT2D eigenvalue weighted by atomic mass is 10.1. The summed E-state index contributed by atoms with van der Waals surface area (Å²) in [4.78, 5) is 12.5. The monoisotopic (exact) mass is 428 g/mol. The lowest BCUT2D eigenvalue weighted by Crippen LogP contribution is -2.33. The Hall–Kier alpha value is -1.60. The average Bonchev–Trinajstić information content (AvgIpc) is 2.61. The molecule has 0 heterocycles. The molecule has 27 heavy (non-hydrogen) atoms. The highest BCUT2D eigenvalue weighted by atomic mass is 35.5. The number of nitrogens with one attached hydrogen (secondary N) is 1. The van der Waals surface area contributed by atoms with Crippen LogP contribution in [-0.4, -0.2) is 38.3 Å². The van der Waals surface area contributed by atoms with Gasteiger partial charge in [0.05, 0.1) is 15.5 Å². The first kappa shape index (κ1) is 21.7. The van der Waals surface area contributed by atoms with Crippen molar-refractivity contribution in [2.45, 2.75) is 31.2 Å². The quantitative estimate of drug-likeness (QED) is 0.724. The Bertz CT molecular complexity index is 930. The van der Waals surface area contributed by atoms with Gasteiger partial charge >= 0.3 is 0 Å². The van der Waals surface area contributed by atoms with E-state index >= 15 is 0 Å². The summed E-state index contributed by atoms with van der Waals surface area (Å²) in [6.07, 6.45) is 0.595. The highest BCUT2D eigenvalue weighted by Gasteiger charge is 2.25. The van der Waals surface area contributed by atoms with Gasteiger partial charge in [-0.3, -0.25) is 4.79 Å². The van der Waals surface area contributed by atoms with E-state index in [2.05, 4.69) is 5.32 Å². The van der Waals surface area contributed by atoms with E-state index in [0.29, 0.717) is 18.0 Å². The molecule has 0 spiro atoms. The van der Waals surface area contributed by atoms with Gasteiger partial charge in [-0.2, -0.15) is 4.31 Å². The highest BCUT2D eigenvalue weighted by Crippen LogP contribution is 2.23. The average molecular weight is 429 g/mol. The van der Waals surface area contributed by atoms with E-state index in [1.807, 2.05) is 18.2 Å². The summed E-state index contributed by atoms with van der Waals surface area (Å²) in [5.74, 6) is -0.425. The molecule has 0 aliphatic heterocycles. The molecular weight excluding hydrogens is 407 g/mol. The maximum Gasteiger partial charge on any atom is 0.252 e. The van der Waals surface area contributed by atoms with Gasteiger partial charge in [0.15, 0.2) is 0 Å². The van der Waals surface area contributed by atoms with Crippen molar-refractivity contribution in [3.63, 3.8) is 0 Å². The van der Waals surface area contributed by atoms with E-state index in [9.17, 15) is 13.2 Å². The van der Waals surface area contributed by atoms with Crippen molar-refractivity contribution >= 4 is 39.1 Å². The van der Waals surface area contributed by atoms with E-state index in [4.69, 9.17) is 23.2 Å². The van der Waals surface area contributed by atoms with Crippen LogP contribution in [0, 0.1) is 0 Å². The maximum absolute atomic E-state index is 12.6. The molecule has 146 valence electrons. The van der Waals surface area contributed by atoms with Gasteiger partial charge in [0.2, 0.25) is 10.0 Å². The number of hydrogen-bond acceptors (Lipinski definition) is 3. The van der Waals surface area contributed by atoms with E-state index in [1.165, 1.54) is 29.6 Å². The molecule has 2 aromatic rings. The molecule has 8 heteroatoms. The highest BCUT2D eigenvalue weighted by molar-refractivity contribution is 7.89. The minimum Gasteiger partial charge on any atom is -0.352 e. The molecule has 0 aliphatic carbocycles. The van der Waals surface area contributed by atoms with Crippen molar-refractivity contribution in [3.8, 4) is 0 Å². The number of rotatable bonds is 7. The number of halogens is 2. The Morgan fingerprint density at radius 2 is 1.85 bits per heavy atom.